The molecule has 3 aromatic rings. The lowest BCUT2D eigenvalue weighted by Crippen LogP contribution is -2.50. The zero-order valence-electron chi connectivity index (χ0n) is 16.1. The first-order chi connectivity index (χ1) is 13.7. The van der Waals surface area contributed by atoms with Gasteiger partial charge in [-0.3, -0.25) is 4.68 Å². The lowest BCUT2D eigenvalue weighted by molar-refractivity contribution is 0.208. The van der Waals surface area contributed by atoms with E-state index in [4.69, 9.17) is 0 Å². The fraction of sp³-hybridized carbons (Fsp3) is 0.273. The Hall–Kier alpha value is -3.28. The van der Waals surface area contributed by atoms with E-state index in [1.54, 1.807) is 6.20 Å². The minimum Gasteiger partial charge on any atom is -0.368 e. The lowest BCUT2D eigenvalue weighted by atomic mass is 10.1. The van der Waals surface area contributed by atoms with Gasteiger partial charge in [-0.15, -0.1) is 0 Å². The molecule has 144 valence electrons. The molecular weight excluding hydrogens is 350 g/mol. The summed E-state index contributed by atoms with van der Waals surface area (Å²) in [5, 5.41) is 7.34. The Kier molecular flexibility index (Phi) is 5.28. The van der Waals surface area contributed by atoms with Crippen LogP contribution in [0.3, 0.4) is 0 Å². The van der Waals surface area contributed by atoms with Crippen molar-refractivity contribution in [3.05, 3.63) is 78.1 Å². The third-order valence-electron chi connectivity index (χ3n) is 5.08. The number of piperazine rings is 1. The Labute approximate surface area is 165 Å². The van der Waals surface area contributed by atoms with E-state index in [1.807, 2.05) is 46.1 Å². The highest BCUT2D eigenvalue weighted by Crippen LogP contribution is 2.20. The Morgan fingerprint density at radius 2 is 1.86 bits per heavy atom. The van der Waals surface area contributed by atoms with E-state index in [1.165, 1.54) is 11.3 Å². The van der Waals surface area contributed by atoms with E-state index in [9.17, 15) is 4.79 Å². The van der Waals surface area contributed by atoms with Crippen LogP contribution in [-0.4, -0.2) is 46.9 Å². The number of aryl methyl sites for hydroxylation is 1. The molecule has 2 amide bonds. The van der Waals surface area contributed by atoms with Crippen LogP contribution < -0.4 is 10.2 Å². The van der Waals surface area contributed by atoms with Crippen LogP contribution in [-0.2, 0) is 6.54 Å². The molecule has 0 spiro atoms. The van der Waals surface area contributed by atoms with Crippen molar-refractivity contribution in [2.75, 3.05) is 36.4 Å². The van der Waals surface area contributed by atoms with Crippen molar-refractivity contribution < 1.29 is 4.79 Å². The summed E-state index contributed by atoms with van der Waals surface area (Å²) >= 11 is 0. The summed E-state index contributed by atoms with van der Waals surface area (Å²) in [4.78, 5) is 17.0. The Bertz CT molecular complexity index is 930. The molecule has 28 heavy (non-hydrogen) atoms. The molecule has 0 unspecified atom stereocenters. The van der Waals surface area contributed by atoms with Crippen molar-refractivity contribution in [2.24, 2.45) is 0 Å². The average molecular weight is 375 g/mol. The van der Waals surface area contributed by atoms with E-state index in [0.717, 1.165) is 24.3 Å². The fourth-order valence-corrected chi connectivity index (χ4v) is 3.54. The van der Waals surface area contributed by atoms with Gasteiger partial charge >= 0.3 is 6.03 Å². The topological polar surface area (TPSA) is 53.4 Å². The fourth-order valence-electron chi connectivity index (χ4n) is 3.54. The van der Waals surface area contributed by atoms with E-state index in [0.29, 0.717) is 19.6 Å². The number of rotatable bonds is 4. The first-order valence-electron chi connectivity index (χ1n) is 9.62. The molecule has 2 heterocycles. The highest BCUT2D eigenvalue weighted by molar-refractivity contribution is 5.90. The molecule has 0 saturated carbocycles. The quantitative estimate of drug-likeness (QED) is 0.758. The normalized spacial score (nSPS) is 14.2. The van der Waals surface area contributed by atoms with E-state index in [-0.39, 0.29) is 6.03 Å². The van der Waals surface area contributed by atoms with Gasteiger partial charge in [-0.05, 0) is 42.3 Å². The summed E-state index contributed by atoms with van der Waals surface area (Å²) in [6, 6.07) is 18.3. The molecule has 0 atom stereocenters. The maximum Gasteiger partial charge on any atom is 0.321 e. The van der Waals surface area contributed by atoms with Gasteiger partial charge in [-0.2, -0.15) is 5.10 Å². The number of para-hydroxylation sites is 1. The number of nitrogens with zero attached hydrogens (tertiary/aromatic N) is 4. The van der Waals surface area contributed by atoms with Gasteiger partial charge in [-0.1, -0.05) is 30.3 Å². The molecule has 1 N–H and O–H groups in total. The minimum absolute atomic E-state index is 0.0446. The number of nitrogens with one attached hydrogen (secondary N) is 1. The van der Waals surface area contributed by atoms with Crippen LogP contribution in [0.25, 0.3) is 0 Å². The molecule has 1 aliphatic heterocycles. The summed E-state index contributed by atoms with van der Waals surface area (Å²) < 4.78 is 1.85. The Morgan fingerprint density at radius 3 is 2.61 bits per heavy atom. The number of carbonyl (C=O) groups is 1. The van der Waals surface area contributed by atoms with Crippen molar-refractivity contribution in [1.82, 2.24) is 14.7 Å². The smallest absolute Gasteiger partial charge is 0.321 e. The van der Waals surface area contributed by atoms with E-state index < -0.39 is 0 Å². The number of carbonyl (C=O) groups excluding carboxylic acids is 1. The van der Waals surface area contributed by atoms with Crippen LogP contribution in [0.4, 0.5) is 16.2 Å². The van der Waals surface area contributed by atoms with Crippen molar-refractivity contribution in [2.45, 2.75) is 13.5 Å². The molecule has 6 nitrogen and oxygen atoms in total. The van der Waals surface area contributed by atoms with Crippen molar-refractivity contribution in [3.8, 4) is 0 Å². The SMILES string of the molecule is Cc1cccc(N2CCN(C(=O)Nc3ccccc3Cn3cccn3)CC2)c1. The third kappa shape index (κ3) is 4.17. The predicted octanol–water partition coefficient (Wildman–Crippen LogP) is 3.59. The minimum atomic E-state index is -0.0446. The molecule has 1 aromatic heterocycles. The Morgan fingerprint density at radius 1 is 1.04 bits per heavy atom. The average Bonchev–Trinajstić information content (AvgIpc) is 3.23. The third-order valence-corrected chi connectivity index (χ3v) is 5.08. The molecule has 4 rings (SSSR count). The highest BCUT2D eigenvalue weighted by atomic mass is 16.2. The number of hydrogen-bond donors (Lipinski definition) is 1. The number of urea groups is 1. The molecule has 6 heteroatoms. The Balaban J connectivity index is 1.37. The second-order valence-electron chi connectivity index (χ2n) is 7.10. The van der Waals surface area contributed by atoms with Crippen molar-refractivity contribution in [1.29, 1.82) is 0 Å². The molecule has 0 aliphatic carbocycles. The molecule has 2 aromatic carbocycles. The predicted molar refractivity (Wildman–Crippen MR) is 112 cm³/mol. The van der Waals surface area contributed by atoms with Crippen LogP contribution in [0.5, 0.6) is 0 Å². The van der Waals surface area contributed by atoms with Gasteiger partial charge in [0.1, 0.15) is 0 Å². The largest absolute Gasteiger partial charge is 0.368 e. The maximum absolute atomic E-state index is 12.8. The number of hydrogen-bond acceptors (Lipinski definition) is 3. The van der Waals surface area contributed by atoms with Crippen LogP contribution in [0, 0.1) is 6.92 Å². The van der Waals surface area contributed by atoms with Crippen LogP contribution >= 0.6 is 0 Å². The van der Waals surface area contributed by atoms with Gasteiger partial charge in [-0.25, -0.2) is 4.79 Å². The maximum atomic E-state index is 12.8. The van der Waals surface area contributed by atoms with Crippen molar-refractivity contribution in [3.63, 3.8) is 0 Å². The van der Waals surface area contributed by atoms with Crippen LogP contribution in [0.2, 0.25) is 0 Å². The van der Waals surface area contributed by atoms with Crippen LogP contribution in [0.15, 0.2) is 67.0 Å². The van der Waals surface area contributed by atoms with E-state index >= 15 is 0 Å². The number of aromatic nitrogens is 2. The standard InChI is InChI=1S/C22H25N5O/c1-18-6-4-8-20(16-18)25-12-14-26(15-13-25)22(28)24-21-9-3-2-7-19(21)17-27-11-5-10-23-27/h2-11,16H,12-15,17H2,1H3,(H,24,28). The molecule has 0 bridgehead atoms. The van der Waals surface area contributed by atoms with Gasteiger partial charge in [0, 0.05) is 49.9 Å². The molecule has 1 saturated heterocycles. The number of amides is 2. The number of benzene rings is 2. The monoisotopic (exact) mass is 375 g/mol. The second-order valence-corrected chi connectivity index (χ2v) is 7.10. The highest BCUT2D eigenvalue weighted by Gasteiger charge is 2.22. The van der Waals surface area contributed by atoms with Crippen molar-refractivity contribution >= 4 is 17.4 Å². The van der Waals surface area contributed by atoms with Gasteiger partial charge in [0.25, 0.3) is 0 Å². The lowest BCUT2D eigenvalue weighted by Gasteiger charge is -2.36. The zero-order valence-corrected chi connectivity index (χ0v) is 16.1. The molecule has 1 aliphatic rings. The molecule has 0 radical (unpaired) electrons. The summed E-state index contributed by atoms with van der Waals surface area (Å²) in [7, 11) is 0. The second kappa shape index (κ2) is 8.17. The van der Waals surface area contributed by atoms with Gasteiger partial charge in [0.2, 0.25) is 0 Å². The molecule has 1 fully saturated rings. The summed E-state index contributed by atoms with van der Waals surface area (Å²) in [5.41, 5.74) is 4.36. The van der Waals surface area contributed by atoms with E-state index in [2.05, 4.69) is 46.5 Å². The van der Waals surface area contributed by atoms with Gasteiger partial charge in [0.05, 0.1) is 6.54 Å². The van der Waals surface area contributed by atoms with Gasteiger partial charge < -0.3 is 15.1 Å². The first kappa shape index (κ1) is 18.1. The summed E-state index contributed by atoms with van der Waals surface area (Å²) in [5.74, 6) is 0. The first-order valence-corrected chi connectivity index (χ1v) is 9.62. The number of anilines is 2. The summed E-state index contributed by atoms with van der Waals surface area (Å²) in [6.07, 6.45) is 3.68. The zero-order chi connectivity index (χ0) is 19.3. The van der Waals surface area contributed by atoms with Gasteiger partial charge in [0.15, 0.2) is 0 Å². The molecular formula is C22H25N5O. The summed E-state index contributed by atoms with van der Waals surface area (Å²) in [6.45, 7) is 5.83. The van der Waals surface area contributed by atoms with Crippen LogP contribution in [0.1, 0.15) is 11.1 Å².